The number of ether oxygens (including phenoxy) is 3. The zero-order valence-electron chi connectivity index (χ0n) is 15.2. The summed E-state index contributed by atoms with van der Waals surface area (Å²) in [4.78, 5) is 14.0. The van der Waals surface area contributed by atoms with E-state index >= 15 is 0 Å². The SMILES string of the molecule is COc1ccc(NC(=O)C2(C)COC(c3cccs3)OC2)c2ccccc12. The van der Waals surface area contributed by atoms with Crippen LogP contribution in [0.3, 0.4) is 0 Å². The molecule has 1 saturated heterocycles. The summed E-state index contributed by atoms with van der Waals surface area (Å²) in [5.74, 6) is 0.653. The van der Waals surface area contributed by atoms with Crippen molar-refractivity contribution in [2.75, 3.05) is 25.6 Å². The average Bonchev–Trinajstić information content (AvgIpc) is 3.23. The zero-order chi connectivity index (χ0) is 18.9. The van der Waals surface area contributed by atoms with Crippen molar-refractivity contribution >= 4 is 33.7 Å². The van der Waals surface area contributed by atoms with Gasteiger partial charge in [-0.3, -0.25) is 4.79 Å². The third-order valence-electron chi connectivity index (χ3n) is 4.78. The Morgan fingerprint density at radius 3 is 2.52 bits per heavy atom. The first-order valence-electron chi connectivity index (χ1n) is 8.74. The molecule has 1 aromatic heterocycles. The zero-order valence-corrected chi connectivity index (χ0v) is 16.0. The molecule has 3 aromatic rings. The van der Waals surface area contributed by atoms with Gasteiger partial charge in [0.2, 0.25) is 5.91 Å². The van der Waals surface area contributed by atoms with Crippen LogP contribution in [0.15, 0.2) is 53.9 Å². The van der Waals surface area contributed by atoms with Crippen molar-refractivity contribution < 1.29 is 19.0 Å². The van der Waals surface area contributed by atoms with Gasteiger partial charge in [0.05, 0.1) is 30.6 Å². The fourth-order valence-electron chi connectivity index (χ4n) is 3.16. The van der Waals surface area contributed by atoms with Crippen LogP contribution in [0.25, 0.3) is 10.8 Å². The Morgan fingerprint density at radius 2 is 1.85 bits per heavy atom. The van der Waals surface area contributed by atoms with Crippen molar-refractivity contribution in [3.8, 4) is 5.75 Å². The first kappa shape index (κ1) is 18.0. The molecule has 1 amide bonds. The van der Waals surface area contributed by atoms with Gasteiger partial charge in [-0.2, -0.15) is 0 Å². The van der Waals surface area contributed by atoms with Gasteiger partial charge in [0, 0.05) is 16.5 Å². The molecule has 0 aliphatic carbocycles. The molecule has 1 N–H and O–H groups in total. The second-order valence-electron chi connectivity index (χ2n) is 6.85. The lowest BCUT2D eigenvalue weighted by Gasteiger charge is -2.35. The van der Waals surface area contributed by atoms with E-state index in [1.54, 1.807) is 18.4 Å². The second-order valence-corrected chi connectivity index (χ2v) is 7.82. The van der Waals surface area contributed by atoms with E-state index in [2.05, 4.69) is 5.32 Å². The molecule has 2 aromatic carbocycles. The van der Waals surface area contributed by atoms with Crippen molar-refractivity contribution in [3.63, 3.8) is 0 Å². The lowest BCUT2D eigenvalue weighted by molar-refractivity contribution is -0.225. The van der Waals surface area contributed by atoms with Gasteiger partial charge < -0.3 is 19.5 Å². The van der Waals surface area contributed by atoms with Crippen LogP contribution in [-0.4, -0.2) is 26.2 Å². The Balaban J connectivity index is 1.52. The van der Waals surface area contributed by atoms with E-state index in [1.807, 2.05) is 60.8 Å². The van der Waals surface area contributed by atoms with Crippen molar-refractivity contribution in [1.82, 2.24) is 0 Å². The number of carbonyl (C=O) groups excluding carboxylic acids is 1. The van der Waals surface area contributed by atoms with E-state index in [-0.39, 0.29) is 5.91 Å². The quantitative estimate of drug-likeness (QED) is 0.715. The summed E-state index contributed by atoms with van der Waals surface area (Å²) < 4.78 is 17.1. The molecule has 140 valence electrons. The topological polar surface area (TPSA) is 56.8 Å². The number of amides is 1. The fraction of sp³-hybridized carbons (Fsp3) is 0.286. The van der Waals surface area contributed by atoms with Gasteiger partial charge in [0.25, 0.3) is 0 Å². The van der Waals surface area contributed by atoms with E-state index in [0.717, 1.165) is 27.1 Å². The van der Waals surface area contributed by atoms with Crippen LogP contribution in [0.1, 0.15) is 18.1 Å². The maximum Gasteiger partial charge on any atom is 0.235 e. The van der Waals surface area contributed by atoms with E-state index in [0.29, 0.717) is 13.2 Å². The van der Waals surface area contributed by atoms with Crippen LogP contribution in [0.2, 0.25) is 0 Å². The van der Waals surface area contributed by atoms with Crippen molar-refractivity contribution in [2.24, 2.45) is 5.41 Å². The molecule has 4 rings (SSSR count). The van der Waals surface area contributed by atoms with Crippen LogP contribution in [-0.2, 0) is 14.3 Å². The van der Waals surface area contributed by atoms with Crippen molar-refractivity contribution in [3.05, 3.63) is 58.8 Å². The second kappa shape index (κ2) is 7.31. The molecule has 1 aliphatic heterocycles. The molecule has 1 aliphatic rings. The molecule has 2 heterocycles. The number of hydrogen-bond donors (Lipinski definition) is 1. The van der Waals surface area contributed by atoms with Crippen LogP contribution in [0.5, 0.6) is 5.75 Å². The van der Waals surface area contributed by atoms with E-state index in [1.165, 1.54) is 0 Å². The highest BCUT2D eigenvalue weighted by Gasteiger charge is 2.40. The number of anilines is 1. The minimum atomic E-state index is -0.755. The Kier molecular flexibility index (Phi) is 4.86. The molecule has 0 saturated carbocycles. The molecule has 0 bridgehead atoms. The average molecular weight is 383 g/mol. The highest BCUT2D eigenvalue weighted by Crippen LogP contribution is 2.36. The standard InChI is InChI=1S/C21H21NO4S/c1-21(12-25-19(26-13-21)18-8-5-11-27-18)20(23)22-16-9-10-17(24-2)15-7-4-3-6-14(15)16/h3-11,19H,12-13H2,1-2H3,(H,22,23). The molecule has 0 radical (unpaired) electrons. The molecular weight excluding hydrogens is 362 g/mol. The van der Waals surface area contributed by atoms with Crippen molar-refractivity contribution in [2.45, 2.75) is 13.2 Å². The molecule has 0 unspecified atom stereocenters. The number of methoxy groups -OCH3 is 1. The van der Waals surface area contributed by atoms with Gasteiger partial charge in [-0.05, 0) is 30.5 Å². The van der Waals surface area contributed by atoms with Gasteiger partial charge in [-0.15, -0.1) is 11.3 Å². The van der Waals surface area contributed by atoms with Gasteiger partial charge in [-0.25, -0.2) is 0 Å². The third-order valence-corrected chi connectivity index (χ3v) is 5.68. The predicted octanol–water partition coefficient (Wildman–Crippen LogP) is 4.60. The molecule has 1 fully saturated rings. The molecule has 0 spiro atoms. The summed E-state index contributed by atoms with van der Waals surface area (Å²) in [5.41, 5.74) is -0.00701. The third kappa shape index (κ3) is 3.43. The molecule has 6 heteroatoms. The Hall–Kier alpha value is -2.41. The van der Waals surface area contributed by atoms with Crippen LogP contribution < -0.4 is 10.1 Å². The predicted molar refractivity (Wildman–Crippen MR) is 106 cm³/mol. The van der Waals surface area contributed by atoms with Crippen LogP contribution in [0.4, 0.5) is 5.69 Å². The number of fused-ring (bicyclic) bond motifs is 1. The Labute approximate surface area is 161 Å². The lowest BCUT2D eigenvalue weighted by atomic mass is 9.90. The van der Waals surface area contributed by atoms with Crippen LogP contribution >= 0.6 is 11.3 Å². The van der Waals surface area contributed by atoms with Gasteiger partial charge in [0.1, 0.15) is 5.75 Å². The first-order chi connectivity index (χ1) is 13.1. The Morgan fingerprint density at radius 1 is 1.11 bits per heavy atom. The summed E-state index contributed by atoms with van der Waals surface area (Å²) in [6, 6.07) is 15.5. The summed E-state index contributed by atoms with van der Waals surface area (Å²) >= 11 is 1.58. The number of benzene rings is 2. The van der Waals surface area contributed by atoms with Crippen LogP contribution in [0, 0.1) is 5.41 Å². The number of thiophene rings is 1. The molecule has 27 heavy (non-hydrogen) atoms. The monoisotopic (exact) mass is 383 g/mol. The van der Waals surface area contributed by atoms with Gasteiger partial charge >= 0.3 is 0 Å². The highest BCUT2D eigenvalue weighted by atomic mass is 32.1. The number of rotatable bonds is 4. The van der Waals surface area contributed by atoms with E-state index in [4.69, 9.17) is 14.2 Å². The smallest absolute Gasteiger partial charge is 0.235 e. The summed E-state index contributed by atoms with van der Waals surface area (Å²) in [7, 11) is 1.64. The van der Waals surface area contributed by atoms with E-state index < -0.39 is 11.7 Å². The number of carbonyl (C=O) groups is 1. The maximum atomic E-state index is 13.0. The van der Waals surface area contributed by atoms with Gasteiger partial charge in [0.15, 0.2) is 6.29 Å². The minimum Gasteiger partial charge on any atom is -0.496 e. The van der Waals surface area contributed by atoms with Gasteiger partial charge in [-0.1, -0.05) is 30.3 Å². The summed E-state index contributed by atoms with van der Waals surface area (Å²) in [6.45, 7) is 2.46. The minimum absolute atomic E-state index is 0.123. The number of hydrogen-bond acceptors (Lipinski definition) is 5. The first-order valence-corrected chi connectivity index (χ1v) is 9.62. The van der Waals surface area contributed by atoms with E-state index in [9.17, 15) is 4.79 Å². The highest BCUT2D eigenvalue weighted by molar-refractivity contribution is 7.10. The Bertz CT molecular complexity index is 946. The molecule has 5 nitrogen and oxygen atoms in total. The number of nitrogens with one attached hydrogen (secondary N) is 1. The van der Waals surface area contributed by atoms with Crippen molar-refractivity contribution in [1.29, 1.82) is 0 Å². The fourth-order valence-corrected chi connectivity index (χ4v) is 3.88. The summed E-state index contributed by atoms with van der Waals surface area (Å²) in [5, 5.41) is 6.92. The largest absolute Gasteiger partial charge is 0.496 e. The summed E-state index contributed by atoms with van der Waals surface area (Å²) in [6.07, 6.45) is -0.396. The maximum absolute atomic E-state index is 13.0. The molecular formula is C21H21NO4S. The normalized spacial score (nSPS) is 22.5. The lowest BCUT2D eigenvalue weighted by Crippen LogP contribution is -2.45. The molecule has 0 atom stereocenters.